The maximum Gasteiger partial charge on any atom is 0.307 e. The van der Waals surface area contributed by atoms with Gasteiger partial charge in [0, 0.05) is 29.2 Å². The molecule has 5 nitrogen and oxygen atoms in total. The van der Waals surface area contributed by atoms with Gasteiger partial charge in [0.25, 0.3) is 0 Å². The van der Waals surface area contributed by atoms with Crippen molar-refractivity contribution in [2.75, 3.05) is 18.0 Å². The lowest BCUT2D eigenvalue weighted by Gasteiger charge is -2.20. The van der Waals surface area contributed by atoms with E-state index in [-0.39, 0.29) is 5.76 Å². The number of nitrogens with one attached hydrogen (secondary N) is 1. The maximum atomic E-state index is 12.2. The molecule has 0 unspecified atom stereocenters. The smallest absolute Gasteiger partial charge is 0.307 e. The molecular weight excluding hydrogens is 350 g/mol. The van der Waals surface area contributed by atoms with Gasteiger partial charge in [0.15, 0.2) is 5.76 Å². The van der Waals surface area contributed by atoms with Crippen LogP contribution >= 0.6 is 11.6 Å². The van der Waals surface area contributed by atoms with Crippen LogP contribution in [0.2, 0.25) is 5.02 Å². The average Bonchev–Trinajstić information content (AvgIpc) is 3.07. The molecule has 0 bridgehead atoms. The minimum absolute atomic E-state index is 0.191. The van der Waals surface area contributed by atoms with E-state index in [1.54, 1.807) is 30.5 Å². The van der Waals surface area contributed by atoms with Gasteiger partial charge in [0.2, 0.25) is 0 Å². The van der Waals surface area contributed by atoms with E-state index in [0.717, 1.165) is 29.7 Å². The van der Waals surface area contributed by atoms with Crippen LogP contribution in [0.5, 0.6) is 0 Å². The first kappa shape index (κ1) is 18.0. The Morgan fingerprint density at radius 1 is 1.15 bits per heavy atom. The first-order valence-electron chi connectivity index (χ1n) is 8.48. The van der Waals surface area contributed by atoms with Crippen molar-refractivity contribution in [1.82, 2.24) is 5.43 Å². The zero-order valence-corrected chi connectivity index (χ0v) is 15.5. The average molecular weight is 370 g/mol. The lowest BCUT2D eigenvalue weighted by molar-refractivity contribution is 0.0929. The summed E-state index contributed by atoms with van der Waals surface area (Å²) in [6.07, 6.45) is 1.60. The zero-order valence-electron chi connectivity index (χ0n) is 14.7. The predicted octanol–water partition coefficient (Wildman–Crippen LogP) is 4.70. The lowest BCUT2D eigenvalue weighted by Crippen LogP contribution is -2.21. The summed E-state index contributed by atoms with van der Waals surface area (Å²) in [5.41, 5.74) is 5.15. The molecular formula is C20H20ClN3O2. The van der Waals surface area contributed by atoms with Gasteiger partial charge in [-0.3, -0.25) is 4.79 Å². The summed E-state index contributed by atoms with van der Waals surface area (Å²) in [6.45, 7) is 6.17. The second-order valence-corrected chi connectivity index (χ2v) is 6.19. The van der Waals surface area contributed by atoms with Crippen LogP contribution in [0.15, 0.2) is 58.0 Å². The monoisotopic (exact) mass is 369 g/mol. The molecule has 1 heterocycles. The quantitative estimate of drug-likeness (QED) is 0.506. The third kappa shape index (κ3) is 4.06. The number of rotatable bonds is 6. The standard InChI is InChI=1S/C20H20ClN3O2/c1-3-24(4-2)17-8-5-14(6-9-17)13-22-23-20(25)19-12-15-11-16(21)7-10-18(15)26-19/h5-13H,3-4H2,1-2H3,(H,23,25)/b22-13+. The fraction of sp³-hybridized carbons (Fsp3) is 0.200. The van der Waals surface area contributed by atoms with Crippen LogP contribution in [0.4, 0.5) is 5.69 Å². The Balaban J connectivity index is 1.64. The number of hydrogen-bond acceptors (Lipinski definition) is 4. The van der Waals surface area contributed by atoms with Gasteiger partial charge in [-0.25, -0.2) is 5.43 Å². The van der Waals surface area contributed by atoms with Crippen molar-refractivity contribution in [2.24, 2.45) is 5.10 Å². The van der Waals surface area contributed by atoms with Gasteiger partial charge < -0.3 is 9.32 Å². The molecule has 3 aromatic rings. The number of hydrogen-bond donors (Lipinski definition) is 1. The molecule has 2 aromatic carbocycles. The number of hydrazone groups is 1. The van der Waals surface area contributed by atoms with Crippen molar-refractivity contribution in [3.05, 3.63) is 64.9 Å². The highest BCUT2D eigenvalue weighted by Gasteiger charge is 2.11. The first-order chi connectivity index (χ1) is 12.6. The molecule has 6 heteroatoms. The van der Waals surface area contributed by atoms with Gasteiger partial charge in [-0.05, 0) is 55.8 Å². The van der Waals surface area contributed by atoms with Crippen molar-refractivity contribution < 1.29 is 9.21 Å². The highest BCUT2D eigenvalue weighted by molar-refractivity contribution is 6.31. The molecule has 0 saturated carbocycles. The molecule has 1 amide bonds. The van der Waals surface area contributed by atoms with Crippen LogP contribution in [0.1, 0.15) is 30.0 Å². The number of benzene rings is 2. The van der Waals surface area contributed by atoms with Crippen LogP contribution < -0.4 is 10.3 Å². The zero-order chi connectivity index (χ0) is 18.5. The molecule has 0 atom stereocenters. The topological polar surface area (TPSA) is 57.8 Å². The summed E-state index contributed by atoms with van der Waals surface area (Å²) in [5, 5.41) is 5.37. The van der Waals surface area contributed by atoms with Gasteiger partial charge in [0.05, 0.1) is 6.21 Å². The summed E-state index contributed by atoms with van der Waals surface area (Å²) >= 11 is 5.94. The van der Waals surface area contributed by atoms with Crippen LogP contribution in [0.3, 0.4) is 0 Å². The fourth-order valence-electron chi connectivity index (χ4n) is 2.71. The second-order valence-electron chi connectivity index (χ2n) is 5.76. The van der Waals surface area contributed by atoms with Crippen LogP contribution in [0, 0.1) is 0 Å². The van der Waals surface area contributed by atoms with Crippen molar-refractivity contribution in [2.45, 2.75) is 13.8 Å². The highest BCUT2D eigenvalue weighted by Crippen LogP contribution is 2.23. The van der Waals surface area contributed by atoms with E-state index in [4.69, 9.17) is 16.0 Å². The van der Waals surface area contributed by atoms with Crippen LogP contribution in [0.25, 0.3) is 11.0 Å². The van der Waals surface area contributed by atoms with Crippen LogP contribution in [-0.4, -0.2) is 25.2 Å². The van der Waals surface area contributed by atoms with E-state index in [1.165, 1.54) is 0 Å². The summed E-state index contributed by atoms with van der Waals surface area (Å²) in [5.74, 6) is -0.218. The normalized spacial score (nSPS) is 11.2. The van der Waals surface area contributed by atoms with Crippen molar-refractivity contribution >= 4 is 40.4 Å². The second kappa shape index (κ2) is 8.06. The Kier molecular flexibility index (Phi) is 5.58. The molecule has 0 aliphatic heterocycles. The van der Waals surface area contributed by atoms with Gasteiger partial charge in [0.1, 0.15) is 5.58 Å². The van der Waals surface area contributed by atoms with E-state index < -0.39 is 5.91 Å². The van der Waals surface area contributed by atoms with E-state index in [1.807, 2.05) is 24.3 Å². The van der Waals surface area contributed by atoms with Gasteiger partial charge in [-0.1, -0.05) is 23.7 Å². The maximum absolute atomic E-state index is 12.2. The molecule has 26 heavy (non-hydrogen) atoms. The Labute approximate surface area is 157 Å². The number of halogens is 1. The molecule has 134 valence electrons. The van der Waals surface area contributed by atoms with Gasteiger partial charge in [-0.2, -0.15) is 5.10 Å². The van der Waals surface area contributed by atoms with E-state index >= 15 is 0 Å². The fourth-order valence-corrected chi connectivity index (χ4v) is 2.89. The van der Waals surface area contributed by atoms with Gasteiger partial charge >= 0.3 is 5.91 Å². The molecule has 0 radical (unpaired) electrons. The molecule has 0 aliphatic carbocycles. The molecule has 1 aromatic heterocycles. The molecule has 0 spiro atoms. The number of anilines is 1. The number of furan rings is 1. The SMILES string of the molecule is CCN(CC)c1ccc(/C=N/NC(=O)c2cc3cc(Cl)ccc3o2)cc1. The Hall–Kier alpha value is -2.79. The third-order valence-electron chi connectivity index (χ3n) is 4.10. The molecule has 0 fully saturated rings. The minimum Gasteiger partial charge on any atom is -0.451 e. The van der Waals surface area contributed by atoms with Crippen molar-refractivity contribution in [3.8, 4) is 0 Å². The summed E-state index contributed by atoms with van der Waals surface area (Å²) in [7, 11) is 0. The number of fused-ring (bicyclic) bond motifs is 1. The summed E-state index contributed by atoms with van der Waals surface area (Å²) in [6, 6.07) is 14.9. The number of carbonyl (C=O) groups is 1. The van der Waals surface area contributed by atoms with E-state index in [2.05, 4.69) is 29.3 Å². The Bertz CT molecular complexity index is 928. The van der Waals surface area contributed by atoms with Crippen molar-refractivity contribution in [1.29, 1.82) is 0 Å². The van der Waals surface area contributed by atoms with E-state index in [9.17, 15) is 4.79 Å². The van der Waals surface area contributed by atoms with Gasteiger partial charge in [-0.15, -0.1) is 0 Å². The van der Waals surface area contributed by atoms with Crippen LogP contribution in [-0.2, 0) is 0 Å². The van der Waals surface area contributed by atoms with Crippen molar-refractivity contribution in [3.63, 3.8) is 0 Å². The molecule has 1 N–H and O–H groups in total. The Morgan fingerprint density at radius 2 is 1.88 bits per heavy atom. The number of carbonyl (C=O) groups excluding carboxylic acids is 1. The summed E-state index contributed by atoms with van der Waals surface area (Å²) < 4.78 is 5.50. The molecule has 0 aliphatic rings. The first-order valence-corrected chi connectivity index (χ1v) is 8.86. The highest BCUT2D eigenvalue weighted by atomic mass is 35.5. The summed E-state index contributed by atoms with van der Waals surface area (Å²) in [4.78, 5) is 14.4. The predicted molar refractivity (Wildman–Crippen MR) is 106 cm³/mol. The lowest BCUT2D eigenvalue weighted by atomic mass is 10.2. The minimum atomic E-state index is -0.409. The number of amides is 1. The third-order valence-corrected chi connectivity index (χ3v) is 4.34. The largest absolute Gasteiger partial charge is 0.451 e. The Morgan fingerprint density at radius 3 is 2.58 bits per heavy atom. The number of nitrogens with zero attached hydrogens (tertiary/aromatic N) is 2. The molecule has 3 rings (SSSR count). The molecule has 0 saturated heterocycles. The van der Waals surface area contributed by atoms with E-state index in [0.29, 0.717) is 10.6 Å².